The summed E-state index contributed by atoms with van der Waals surface area (Å²) in [4.78, 5) is 17.4. The normalized spacial score (nSPS) is 12.3. The molecule has 0 aliphatic rings. The van der Waals surface area contributed by atoms with Gasteiger partial charge in [-0.05, 0) is 67.1 Å². The molecule has 4 aromatic rings. The zero-order valence-electron chi connectivity index (χ0n) is 19.3. The van der Waals surface area contributed by atoms with Crippen LogP contribution in [0.3, 0.4) is 0 Å². The molecule has 0 spiro atoms. The van der Waals surface area contributed by atoms with Gasteiger partial charge in [0, 0.05) is 11.1 Å². The van der Waals surface area contributed by atoms with Crippen LogP contribution in [0.2, 0.25) is 0 Å². The van der Waals surface area contributed by atoms with Crippen molar-refractivity contribution in [1.29, 1.82) is 0 Å². The second kappa shape index (κ2) is 11.0. The molecule has 0 saturated carbocycles. The number of alkyl halides is 3. The van der Waals surface area contributed by atoms with Crippen LogP contribution in [0.25, 0.3) is 22.5 Å². The van der Waals surface area contributed by atoms with Crippen LogP contribution < -0.4 is 5.32 Å². The topological polar surface area (TPSA) is 67.8 Å². The number of anilines is 1. The molecule has 0 bridgehead atoms. The third kappa shape index (κ3) is 6.29. The monoisotopic (exact) mass is 530 g/mol. The van der Waals surface area contributed by atoms with Crippen molar-refractivity contribution in [1.82, 2.24) is 15.2 Å². The molecule has 1 heterocycles. The van der Waals surface area contributed by atoms with Crippen molar-refractivity contribution in [2.45, 2.75) is 29.9 Å². The summed E-state index contributed by atoms with van der Waals surface area (Å²) in [7, 11) is 0. The van der Waals surface area contributed by atoms with Gasteiger partial charge in [0.25, 0.3) is 0 Å². The molecule has 3 aromatic carbocycles. The molecule has 1 unspecified atom stereocenters. The van der Waals surface area contributed by atoms with Crippen LogP contribution in [0.4, 0.5) is 27.6 Å². The average molecular weight is 531 g/mol. The number of aromatic nitrogens is 3. The lowest BCUT2D eigenvalue weighted by Gasteiger charge is -2.17. The van der Waals surface area contributed by atoms with Crippen LogP contribution >= 0.6 is 11.8 Å². The number of amides is 1. The molecule has 5 nitrogen and oxygen atoms in total. The van der Waals surface area contributed by atoms with E-state index in [-0.39, 0.29) is 17.3 Å². The van der Waals surface area contributed by atoms with Gasteiger partial charge in [0.1, 0.15) is 23.0 Å². The molecule has 37 heavy (non-hydrogen) atoms. The van der Waals surface area contributed by atoms with E-state index in [2.05, 4.69) is 20.5 Å². The zero-order valence-corrected chi connectivity index (χ0v) is 20.1. The van der Waals surface area contributed by atoms with Crippen LogP contribution in [-0.2, 0) is 11.0 Å². The molecule has 4 rings (SSSR count). The van der Waals surface area contributed by atoms with E-state index in [0.717, 1.165) is 17.8 Å². The van der Waals surface area contributed by atoms with Crippen molar-refractivity contribution >= 4 is 23.4 Å². The largest absolute Gasteiger partial charge is 0.418 e. The van der Waals surface area contributed by atoms with Crippen LogP contribution in [0.1, 0.15) is 18.9 Å². The summed E-state index contributed by atoms with van der Waals surface area (Å²) in [5, 5.41) is 9.93. The zero-order chi connectivity index (χ0) is 26.6. The summed E-state index contributed by atoms with van der Waals surface area (Å²) in [6.07, 6.45) is -4.37. The second-order valence-corrected chi connectivity index (χ2v) is 9.02. The summed E-state index contributed by atoms with van der Waals surface area (Å²) in [6.45, 7) is 1.70. The highest BCUT2D eigenvalue weighted by molar-refractivity contribution is 8.00. The summed E-state index contributed by atoms with van der Waals surface area (Å²) < 4.78 is 67.0. The maximum Gasteiger partial charge on any atom is 0.418 e. The van der Waals surface area contributed by atoms with E-state index < -0.39 is 34.5 Å². The van der Waals surface area contributed by atoms with Gasteiger partial charge in [0.2, 0.25) is 11.1 Å². The Labute approximate surface area is 213 Å². The van der Waals surface area contributed by atoms with E-state index in [0.29, 0.717) is 22.5 Å². The molecule has 190 valence electrons. The summed E-state index contributed by atoms with van der Waals surface area (Å²) in [5.41, 5.74) is 0.356. The van der Waals surface area contributed by atoms with E-state index in [9.17, 15) is 26.7 Å². The number of rotatable bonds is 7. The second-order valence-electron chi connectivity index (χ2n) is 7.85. The van der Waals surface area contributed by atoms with Gasteiger partial charge in [-0.3, -0.25) is 4.79 Å². The Hall–Kier alpha value is -3.86. The number of halogens is 5. The standard InChI is InChI=1S/C26H19F5N4OS/c1-2-21(24(36)32-20-6-4-3-5-19(20)26(29,30)31)37-25-33-22(15-7-11-17(27)12-8-15)23(34-35-25)16-9-13-18(28)14-10-16/h3-14,21H,2H2,1H3,(H,32,36). The Balaban J connectivity index is 1.65. The lowest BCUT2D eigenvalue weighted by molar-refractivity contribution is -0.137. The van der Waals surface area contributed by atoms with E-state index in [4.69, 9.17) is 0 Å². The first-order valence-corrected chi connectivity index (χ1v) is 11.9. The third-order valence-corrected chi connectivity index (χ3v) is 6.52. The molecule has 1 amide bonds. The lowest BCUT2D eigenvalue weighted by atomic mass is 10.0. The molecular formula is C26H19F5N4OS. The average Bonchev–Trinajstić information content (AvgIpc) is 2.88. The number of hydrogen-bond donors (Lipinski definition) is 1. The number of para-hydroxylation sites is 1. The van der Waals surface area contributed by atoms with Gasteiger partial charge in [-0.25, -0.2) is 13.8 Å². The molecule has 11 heteroatoms. The fourth-order valence-electron chi connectivity index (χ4n) is 3.47. The van der Waals surface area contributed by atoms with Gasteiger partial charge in [-0.1, -0.05) is 30.8 Å². The minimum Gasteiger partial charge on any atom is -0.325 e. The fourth-order valence-corrected chi connectivity index (χ4v) is 4.29. The van der Waals surface area contributed by atoms with Crippen LogP contribution in [0.15, 0.2) is 78.0 Å². The minimum atomic E-state index is -4.63. The number of nitrogens with one attached hydrogen (secondary N) is 1. The summed E-state index contributed by atoms with van der Waals surface area (Å²) >= 11 is 0.936. The predicted octanol–water partition coefficient (Wildman–Crippen LogP) is 7.01. The van der Waals surface area contributed by atoms with Crippen molar-refractivity contribution in [2.24, 2.45) is 0 Å². The van der Waals surface area contributed by atoms with Gasteiger partial charge in [-0.15, -0.1) is 10.2 Å². The highest BCUT2D eigenvalue weighted by Gasteiger charge is 2.34. The molecular weight excluding hydrogens is 511 g/mol. The summed E-state index contributed by atoms with van der Waals surface area (Å²) in [6, 6.07) is 15.7. The Morgan fingerprint density at radius 1 is 0.865 bits per heavy atom. The van der Waals surface area contributed by atoms with E-state index >= 15 is 0 Å². The van der Waals surface area contributed by atoms with E-state index in [1.165, 1.54) is 66.7 Å². The summed E-state index contributed by atoms with van der Waals surface area (Å²) in [5.74, 6) is -1.55. The first kappa shape index (κ1) is 26.2. The van der Waals surface area contributed by atoms with Crippen molar-refractivity contribution < 1.29 is 26.7 Å². The first-order valence-electron chi connectivity index (χ1n) is 11.1. The van der Waals surface area contributed by atoms with Gasteiger partial charge in [0.15, 0.2) is 0 Å². The van der Waals surface area contributed by atoms with Crippen LogP contribution in [-0.4, -0.2) is 26.3 Å². The Morgan fingerprint density at radius 2 is 1.43 bits per heavy atom. The number of hydrogen-bond acceptors (Lipinski definition) is 5. The number of benzene rings is 3. The van der Waals surface area contributed by atoms with Gasteiger partial charge < -0.3 is 5.32 Å². The maximum atomic E-state index is 13.5. The molecule has 0 saturated heterocycles. The molecule has 1 atom stereocenters. The van der Waals surface area contributed by atoms with Crippen LogP contribution in [0, 0.1) is 11.6 Å². The van der Waals surface area contributed by atoms with Gasteiger partial charge >= 0.3 is 6.18 Å². The Bertz CT molecular complexity index is 1400. The fraction of sp³-hybridized carbons (Fsp3) is 0.154. The minimum absolute atomic E-state index is 0.0938. The molecule has 0 radical (unpaired) electrons. The van der Waals surface area contributed by atoms with Crippen molar-refractivity contribution in [2.75, 3.05) is 5.32 Å². The molecule has 0 aliphatic heterocycles. The first-order chi connectivity index (χ1) is 17.7. The SMILES string of the molecule is CCC(Sc1nnc(-c2ccc(F)cc2)c(-c2ccc(F)cc2)n1)C(=O)Nc1ccccc1C(F)(F)F. The van der Waals surface area contributed by atoms with Crippen molar-refractivity contribution in [3.05, 3.63) is 90.0 Å². The van der Waals surface area contributed by atoms with E-state index in [1.807, 2.05) is 0 Å². The molecule has 0 fully saturated rings. The third-order valence-electron chi connectivity index (χ3n) is 5.30. The molecule has 1 aromatic heterocycles. The smallest absolute Gasteiger partial charge is 0.325 e. The van der Waals surface area contributed by atoms with Gasteiger partial charge in [-0.2, -0.15) is 13.2 Å². The maximum absolute atomic E-state index is 13.5. The Morgan fingerprint density at radius 3 is 2.00 bits per heavy atom. The molecule has 0 aliphatic carbocycles. The lowest BCUT2D eigenvalue weighted by Crippen LogP contribution is -2.26. The van der Waals surface area contributed by atoms with Crippen molar-refractivity contribution in [3.8, 4) is 22.5 Å². The molecule has 1 N–H and O–H groups in total. The van der Waals surface area contributed by atoms with Crippen LogP contribution in [0.5, 0.6) is 0 Å². The number of thioether (sulfide) groups is 1. The predicted molar refractivity (Wildman–Crippen MR) is 131 cm³/mol. The number of carbonyl (C=O) groups excluding carboxylic acids is 1. The van der Waals surface area contributed by atoms with E-state index in [1.54, 1.807) is 6.92 Å². The van der Waals surface area contributed by atoms with Gasteiger partial charge in [0.05, 0.1) is 16.5 Å². The highest BCUT2D eigenvalue weighted by atomic mass is 32.2. The quantitative estimate of drug-likeness (QED) is 0.206. The van der Waals surface area contributed by atoms with Crippen molar-refractivity contribution in [3.63, 3.8) is 0 Å². The Kier molecular flexibility index (Phi) is 7.82. The number of carbonyl (C=O) groups is 1. The highest BCUT2D eigenvalue weighted by Crippen LogP contribution is 2.36. The number of nitrogens with zero attached hydrogens (tertiary/aromatic N) is 3.